The van der Waals surface area contributed by atoms with Gasteiger partial charge in [-0.3, -0.25) is 0 Å². The molecule has 0 saturated carbocycles. The van der Waals surface area contributed by atoms with Crippen molar-refractivity contribution < 1.29 is 0 Å². The summed E-state index contributed by atoms with van der Waals surface area (Å²) in [6.45, 7) is 11.1. The molecular weight excluding hydrogens is 220 g/mol. The van der Waals surface area contributed by atoms with Crippen LogP contribution in [0.4, 0.5) is 5.69 Å². The molecular formula is C16H28N2. The van der Waals surface area contributed by atoms with Crippen LogP contribution in [0.25, 0.3) is 0 Å². The van der Waals surface area contributed by atoms with Crippen LogP contribution in [-0.2, 0) is 0 Å². The number of rotatable bonds is 7. The minimum absolute atomic E-state index is 0.170. The van der Waals surface area contributed by atoms with Crippen molar-refractivity contribution >= 4 is 5.69 Å². The molecule has 0 radical (unpaired) electrons. The second-order valence-corrected chi connectivity index (χ2v) is 5.16. The Balaban J connectivity index is 2.75. The summed E-state index contributed by atoms with van der Waals surface area (Å²) in [4.78, 5) is 2.44. The Labute approximate surface area is 112 Å². The third-order valence-corrected chi connectivity index (χ3v) is 3.74. The number of nitrogens with zero attached hydrogens (tertiary/aromatic N) is 1. The van der Waals surface area contributed by atoms with E-state index >= 15 is 0 Å². The Morgan fingerprint density at radius 3 is 2.11 bits per heavy atom. The fraction of sp³-hybridized carbons (Fsp3) is 0.625. The summed E-state index contributed by atoms with van der Waals surface area (Å²) < 4.78 is 0. The van der Waals surface area contributed by atoms with Crippen molar-refractivity contribution in [1.29, 1.82) is 0 Å². The normalized spacial score (nSPS) is 14.3. The van der Waals surface area contributed by atoms with Crippen LogP contribution in [0.2, 0.25) is 0 Å². The minimum Gasteiger partial charge on any atom is -0.372 e. The molecule has 0 heterocycles. The van der Waals surface area contributed by atoms with Gasteiger partial charge in [-0.05, 0) is 37.0 Å². The summed E-state index contributed by atoms with van der Waals surface area (Å²) in [6, 6.07) is 8.92. The standard InChI is InChI=1S/C16H28N2/c1-5-13(4)12-18(7-3)15-10-8-14(9-11-15)16(17)6-2/h8-11,13,16H,5-7,12,17H2,1-4H3/t13?,16-/m0/s1. The van der Waals surface area contributed by atoms with Gasteiger partial charge in [0, 0.05) is 24.8 Å². The van der Waals surface area contributed by atoms with Gasteiger partial charge >= 0.3 is 0 Å². The van der Waals surface area contributed by atoms with Crippen LogP contribution in [0.15, 0.2) is 24.3 Å². The molecule has 102 valence electrons. The van der Waals surface area contributed by atoms with Crippen molar-refractivity contribution in [2.24, 2.45) is 11.7 Å². The van der Waals surface area contributed by atoms with E-state index in [0.29, 0.717) is 0 Å². The first-order valence-corrected chi connectivity index (χ1v) is 7.22. The van der Waals surface area contributed by atoms with E-state index in [1.165, 1.54) is 17.7 Å². The van der Waals surface area contributed by atoms with Crippen LogP contribution in [-0.4, -0.2) is 13.1 Å². The molecule has 0 aliphatic rings. The summed E-state index contributed by atoms with van der Waals surface area (Å²) in [5, 5.41) is 0. The molecule has 2 heteroatoms. The number of benzene rings is 1. The molecule has 1 rings (SSSR count). The van der Waals surface area contributed by atoms with E-state index in [2.05, 4.69) is 56.9 Å². The number of anilines is 1. The fourth-order valence-corrected chi connectivity index (χ4v) is 2.09. The van der Waals surface area contributed by atoms with Gasteiger partial charge in [-0.15, -0.1) is 0 Å². The Morgan fingerprint density at radius 2 is 1.67 bits per heavy atom. The van der Waals surface area contributed by atoms with Crippen molar-refractivity contribution in [3.05, 3.63) is 29.8 Å². The molecule has 0 aliphatic carbocycles. The second-order valence-electron chi connectivity index (χ2n) is 5.16. The molecule has 0 aliphatic heterocycles. The highest BCUT2D eigenvalue weighted by atomic mass is 15.1. The van der Waals surface area contributed by atoms with Crippen LogP contribution < -0.4 is 10.6 Å². The zero-order chi connectivity index (χ0) is 13.5. The van der Waals surface area contributed by atoms with Gasteiger partial charge in [-0.1, -0.05) is 39.3 Å². The van der Waals surface area contributed by atoms with Gasteiger partial charge in [0.25, 0.3) is 0 Å². The molecule has 2 N–H and O–H groups in total. The zero-order valence-corrected chi connectivity index (χ0v) is 12.3. The summed E-state index contributed by atoms with van der Waals surface area (Å²) in [5.41, 5.74) is 8.59. The lowest BCUT2D eigenvalue weighted by atomic mass is 10.0. The quantitative estimate of drug-likeness (QED) is 0.791. The Bertz CT molecular complexity index is 331. The van der Waals surface area contributed by atoms with Crippen LogP contribution in [0, 0.1) is 5.92 Å². The molecule has 0 saturated heterocycles. The molecule has 0 bridgehead atoms. The third kappa shape index (κ3) is 4.02. The van der Waals surface area contributed by atoms with E-state index in [1.54, 1.807) is 0 Å². The lowest BCUT2D eigenvalue weighted by Crippen LogP contribution is -2.28. The lowest BCUT2D eigenvalue weighted by molar-refractivity contribution is 0.548. The average molecular weight is 248 g/mol. The lowest BCUT2D eigenvalue weighted by Gasteiger charge is -2.26. The first-order chi connectivity index (χ1) is 8.62. The number of nitrogens with two attached hydrogens (primary N) is 1. The van der Waals surface area contributed by atoms with Gasteiger partial charge in [0.15, 0.2) is 0 Å². The van der Waals surface area contributed by atoms with Crippen molar-refractivity contribution in [2.45, 2.75) is 46.6 Å². The molecule has 18 heavy (non-hydrogen) atoms. The number of hydrogen-bond donors (Lipinski definition) is 1. The maximum Gasteiger partial charge on any atom is 0.0366 e. The van der Waals surface area contributed by atoms with Crippen LogP contribution in [0.5, 0.6) is 0 Å². The third-order valence-electron chi connectivity index (χ3n) is 3.74. The fourth-order valence-electron chi connectivity index (χ4n) is 2.09. The molecule has 1 aromatic rings. The summed E-state index contributed by atoms with van der Waals surface area (Å²) in [5.74, 6) is 0.738. The maximum atomic E-state index is 6.04. The SMILES string of the molecule is CCC(C)CN(CC)c1ccc([C@@H](N)CC)cc1. The van der Waals surface area contributed by atoms with Gasteiger partial charge in [-0.25, -0.2) is 0 Å². The zero-order valence-electron chi connectivity index (χ0n) is 12.3. The van der Waals surface area contributed by atoms with Crippen LogP contribution >= 0.6 is 0 Å². The highest BCUT2D eigenvalue weighted by Gasteiger charge is 2.09. The summed E-state index contributed by atoms with van der Waals surface area (Å²) >= 11 is 0. The van der Waals surface area contributed by atoms with Gasteiger partial charge in [-0.2, -0.15) is 0 Å². The van der Waals surface area contributed by atoms with Crippen molar-refractivity contribution in [2.75, 3.05) is 18.0 Å². The van der Waals surface area contributed by atoms with E-state index in [4.69, 9.17) is 5.73 Å². The van der Waals surface area contributed by atoms with Gasteiger partial charge < -0.3 is 10.6 Å². The van der Waals surface area contributed by atoms with Crippen molar-refractivity contribution in [1.82, 2.24) is 0 Å². The molecule has 2 nitrogen and oxygen atoms in total. The van der Waals surface area contributed by atoms with E-state index in [0.717, 1.165) is 25.4 Å². The smallest absolute Gasteiger partial charge is 0.0366 e. The largest absolute Gasteiger partial charge is 0.372 e. The predicted molar refractivity (Wildman–Crippen MR) is 81.0 cm³/mol. The van der Waals surface area contributed by atoms with E-state index in [9.17, 15) is 0 Å². The molecule has 0 fully saturated rings. The van der Waals surface area contributed by atoms with Crippen molar-refractivity contribution in [3.63, 3.8) is 0 Å². The van der Waals surface area contributed by atoms with Gasteiger partial charge in [0.2, 0.25) is 0 Å². The van der Waals surface area contributed by atoms with Crippen LogP contribution in [0.3, 0.4) is 0 Å². The summed E-state index contributed by atoms with van der Waals surface area (Å²) in [7, 11) is 0. The van der Waals surface area contributed by atoms with Gasteiger partial charge in [0.1, 0.15) is 0 Å². The maximum absolute atomic E-state index is 6.04. The van der Waals surface area contributed by atoms with E-state index < -0.39 is 0 Å². The predicted octanol–water partition coefficient (Wildman–Crippen LogP) is 3.97. The van der Waals surface area contributed by atoms with Gasteiger partial charge in [0.05, 0.1) is 0 Å². The number of hydrogen-bond acceptors (Lipinski definition) is 2. The Hall–Kier alpha value is -1.02. The van der Waals surface area contributed by atoms with Crippen LogP contribution in [0.1, 0.15) is 52.1 Å². The molecule has 1 aromatic carbocycles. The van der Waals surface area contributed by atoms with Crippen molar-refractivity contribution in [3.8, 4) is 0 Å². The molecule has 0 spiro atoms. The average Bonchev–Trinajstić information content (AvgIpc) is 2.43. The van der Waals surface area contributed by atoms with E-state index in [-0.39, 0.29) is 6.04 Å². The monoisotopic (exact) mass is 248 g/mol. The topological polar surface area (TPSA) is 29.3 Å². The first kappa shape index (κ1) is 15.0. The Kier molecular flexibility index (Phi) is 6.20. The minimum atomic E-state index is 0.170. The molecule has 0 amide bonds. The highest BCUT2D eigenvalue weighted by Crippen LogP contribution is 2.21. The molecule has 0 aromatic heterocycles. The Morgan fingerprint density at radius 1 is 1.06 bits per heavy atom. The van der Waals surface area contributed by atoms with E-state index in [1.807, 2.05) is 0 Å². The summed E-state index contributed by atoms with van der Waals surface area (Å²) in [6.07, 6.45) is 2.22. The first-order valence-electron chi connectivity index (χ1n) is 7.22. The second kappa shape index (κ2) is 7.42. The highest BCUT2D eigenvalue weighted by molar-refractivity contribution is 5.48. The molecule has 1 unspecified atom stereocenters. The molecule has 2 atom stereocenters.